The molecule has 2 aromatic rings. The fourth-order valence-electron chi connectivity index (χ4n) is 2.50. The minimum atomic E-state index is -0.262. The number of carbonyl (C=O) groups is 2. The van der Waals surface area contributed by atoms with Gasteiger partial charge in [0.1, 0.15) is 5.82 Å². The molecular weight excluding hydrogens is 318 g/mol. The third-order valence-corrected chi connectivity index (χ3v) is 4.07. The summed E-state index contributed by atoms with van der Waals surface area (Å²) in [5.74, 6) is 0.615. The van der Waals surface area contributed by atoms with Gasteiger partial charge in [-0.2, -0.15) is 0 Å². The molecule has 7 heteroatoms. The maximum absolute atomic E-state index is 12.2. The Morgan fingerprint density at radius 2 is 1.96 bits per heavy atom. The largest absolute Gasteiger partial charge is 0.359 e. The number of benzene rings is 1. The quantitative estimate of drug-likeness (QED) is 0.843. The Morgan fingerprint density at radius 3 is 2.52 bits per heavy atom. The van der Waals surface area contributed by atoms with Crippen molar-refractivity contribution in [2.75, 3.05) is 26.0 Å². The molecule has 0 unspecified atom stereocenters. The van der Waals surface area contributed by atoms with E-state index < -0.39 is 0 Å². The Bertz CT molecular complexity index is 723. The molecule has 2 N–H and O–H groups in total. The number of hydrogen-bond donors (Lipinski definition) is 2. The third kappa shape index (κ3) is 5.07. The normalized spacial score (nSPS) is 11.7. The van der Waals surface area contributed by atoms with E-state index in [2.05, 4.69) is 20.2 Å². The first-order valence-electron chi connectivity index (χ1n) is 8.21. The molecule has 1 heterocycles. The Morgan fingerprint density at radius 1 is 1.28 bits per heavy atom. The van der Waals surface area contributed by atoms with Crippen LogP contribution in [0.1, 0.15) is 18.3 Å². The van der Waals surface area contributed by atoms with E-state index in [4.69, 9.17) is 0 Å². The van der Waals surface area contributed by atoms with E-state index in [0.29, 0.717) is 6.54 Å². The third-order valence-electron chi connectivity index (χ3n) is 4.07. The molecule has 0 spiro atoms. The van der Waals surface area contributed by atoms with Crippen LogP contribution in [0.5, 0.6) is 0 Å². The topological polar surface area (TPSA) is 79.3 Å². The molecule has 3 amide bonds. The number of hydrogen-bond acceptors (Lipinski definition) is 3. The molecule has 2 rings (SSSR count). The van der Waals surface area contributed by atoms with Crippen molar-refractivity contribution in [3.63, 3.8) is 0 Å². The van der Waals surface area contributed by atoms with Crippen molar-refractivity contribution in [3.05, 3.63) is 48.0 Å². The van der Waals surface area contributed by atoms with Gasteiger partial charge in [0.05, 0.1) is 5.92 Å². The van der Waals surface area contributed by atoms with Gasteiger partial charge < -0.3 is 20.1 Å². The average molecular weight is 343 g/mol. The van der Waals surface area contributed by atoms with Gasteiger partial charge >= 0.3 is 6.03 Å². The molecule has 0 aliphatic carbocycles. The second-order valence-electron chi connectivity index (χ2n) is 6.13. The first kappa shape index (κ1) is 18.5. The zero-order valence-corrected chi connectivity index (χ0v) is 15.1. The molecule has 0 saturated heterocycles. The van der Waals surface area contributed by atoms with Crippen molar-refractivity contribution < 1.29 is 9.59 Å². The molecule has 7 nitrogen and oxygen atoms in total. The number of aryl methyl sites for hydroxylation is 1. The van der Waals surface area contributed by atoms with Gasteiger partial charge in [-0.05, 0) is 24.6 Å². The fraction of sp³-hybridized carbons (Fsp3) is 0.389. The first-order chi connectivity index (χ1) is 11.9. The van der Waals surface area contributed by atoms with Crippen LogP contribution in [0.3, 0.4) is 0 Å². The van der Waals surface area contributed by atoms with Crippen LogP contribution in [-0.2, 0) is 11.3 Å². The zero-order valence-electron chi connectivity index (χ0n) is 15.1. The van der Waals surface area contributed by atoms with Crippen LogP contribution in [0.2, 0.25) is 0 Å². The summed E-state index contributed by atoms with van der Waals surface area (Å²) < 4.78 is 2.06. The molecule has 0 fully saturated rings. The number of aromatic nitrogens is 2. The summed E-state index contributed by atoms with van der Waals surface area (Å²) in [6.45, 7) is 4.84. The Kier molecular flexibility index (Phi) is 6.16. The van der Waals surface area contributed by atoms with Gasteiger partial charge in [0.2, 0.25) is 5.91 Å². The zero-order chi connectivity index (χ0) is 18.4. The van der Waals surface area contributed by atoms with E-state index in [1.807, 2.05) is 37.4 Å². The Hall–Kier alpha value is -2.83. The lowest BCUT2D eigenvalue weighted by molar-refractivity contribution is -0.124. The van der Waals surface area contributed by atoms with Crippen molar-refractivity contribution >= 4 is 17.6 Å². The Labute approximate surface area is 148 Å². The van der Waals surface area contributed by atoms with Gasteiger partial charge in [-0.15, -0.1) is 0 Å². The van der Waals surface area contributed by atoms with Crippen LogP contribution in [0, 0.1) is 12.8 Å². The van der Waals surface area contributed by atoms with Gasteiger partial charge in [-0.3, -0.25) is 4.79 Å². The summed E-state index contributed by atoms with van der Waals surface area (Å²) in [6.07, 6.45) is 3.72. The summed E-state index contributed by atoms with van der Waals surface area (Å²) in [5.41, 5.74) is 1.84. The van der Waals surface area contributed by atoms with Crippen LogP contribution in [0.25, 0.3) is 0 Å². The van der Waals surface area contributed by atoms with Gasteiger partial charge in [0.15, 0.2) is 0 Å². The standard InChI is InChI=1S/C18H25N5O2/c1-13(17(24)19-3)11-22(4)18(25)21-16-7-5-15(6-8-16)12-23-10-9-20-14(23)2/h5-10,13H,11-12H2,1-4H3,(H,19,24)(H,21,25)/t13-/m1/s1. The molecule has 134 valence electrons. The maximum Gasteiger partial charge on any atom is 0.321 e. The number of urea groups is 1. The second-order valence-corrected chi connectivity index (χ2v) is 6.13. The molecule has 1 aromatic carbocycles. The minimum absolute atomic E-state index is 0.0844. The summed E-state index contributed by atoms with van der Waals surface area (Å²) >= 11 is 0. The molecule has 1 aromatic heterocycles. The van der Waals surface area contributed by atoms with Gasteiger partial charge in [0, 0.05) is 45.3 Å². The SMILES string of the molecule is CNC(=O)[C@H](C)CN(C)C(=O)Nc1ccc(Cn2ccnc2C)cc1. The molecular formula is C18H25N5O2. The molecule has 0 aliphatic heterocycles. The fourth-order valence-corrected chi connectivity index (χ4v) is 2.50. The molecule has 1 atom stereocenters. The van der Waals surface area contributed by atoms with Gasteiger partial charge in [0.25, 0.3) is 0 Å². The van der Waals surface area contributed by atoms with Crippen LogP contribution in [-0.4, -0.2) is 47.0 Å². The number of amides is 3. The average Bonchev–Trinajstić information content (AvgIpc) is 3.00. The number of nitrogens with zero attached hydrogens (tertiary/aromatic N) is 3. The maximum atomic E-state index is 12.2. The van der Waals surface area contributed by atoms with Crippen LogP contribution < -0.4 is 10.6 Å². The van der Waals surface area contributed by atoms with E-state index in [1.165, 1.54) is 4.90 Å². The summed E-state index contributed by atoms with van der Waals surface area (Å²) in [5, 5.41) is 5.42. The Balaban J connectivity index is 1.90. The minimum Gasteiger partial charge on any atom is -0.359 e. The highest BCUT2D eigenvalue weighted by atomic mass is 16.2. The highest BCUT2D eigenvalue weighted by Gasteiger charge is 2.17. The predicted octanol–water partition coefficient (Wildman–Crippen LogP) is 2.09. The number of imidazole rings is 1. The second kappa shape index (κ2) is 8.32. The highest BCUT2D eigenvalue weighted by molar-refractivity contribution is 5.89. The molecule has 0 aliphatic rings. The number of rotatable bonds is 6. The lowest BCUT2D eigenvalue weighted by Gasteiger charge is -2.21. The van der Waals surface area contributed by atoms with E-state index in [-0.39, 0.29) is 17.9 Å². The molecule has 0 radical (unpaired) electrons. The van der Waals surface area contributed by atoms with Gasteiger partial charge in [-0.1, -0.05) is 19.1 Å². The lowest BCUT2D eigenvalue weighted by atomic mass is 10.1. The van der Waals surface area contributed by atoms with Crippen LogP contribution in [0.15, 0.2) is 36.7 Å². The van der Waals surface area contributed by atoms with Crippen LogP contribution >= 0.6 is 0 Å². The molecule has 0 bridgehead atoms. The summed E-state index contributed by atoms with van der Waals surface area (Å²) in [7, 11) is 3.26. The monoisotopic (exact) mass is 343 g/mol. The van der Waals surface area contributed by atoms with E-state index >= 15 is 0 Å². The van der Waals surface area contributed by atoms with Crippen molar-refractivity contribution in [3.8, 4) is 0 Å². The van der Waals surface area contributed by atoms with Crippen molar-refractivity contribution in [2.45, 2.75) is 20.4 Å². The summed E-state index contributed by atoms with van der Waals surface area (Å²) in [6, 6.07) is 7.45. The first-order valence-corrected chi connectivity index (χ1v) is 8.21. The molecule has 0 saturated carbocycles. The predicted molar refractivity (Wildman–Crippen MR) is 97.4 cm³/mol. The van der Waals surface area contributed by atoms with Crippen molar-refractivity contribution in [1.82, 2.24) is 19.8 Å². The van der Waals surface area contributed by atoms with E-state index in [0.717, 1.165) is 23.6 Å². The number of carbonyl (C=O) groups excluding carboxylic acids is 2. The lowest BCUT2D eigenvalue weighted by Crippen LogP contribution is -2.39. The van der Waals surface area contributed by atoms with Crippen molar-refractivity contribution in [2.24, 2.45) is 5.92 Å². The number of nitrogens with one attached hydrogen (secondary N) is 2. The van der Waals surface area contributed by atoms with E-state index in [9.17, 15) is 9.59 Å². The summed E-state index contributed by atoms with van der Waals surface area (Å²) in [4.78, 5) is 29.5. The highest BCUT2D eigenvalue weighted by Crippen LogP contribution is 2.12. The van der Waals surface area contributed by atoms with Crippen molar-refractivity contribution in [1.29, 1.82) is 0 Å². The molecule has 25 heavy (non-hydrogen) atoms. The van der Waals surface area contributed by atoms with Crippen LogP contribution in [0.4, 0.5) is 10.5 Å². The van der Waals surface area contributed by atoms with E-state index in [1.54, 1.807) is 27.2 Å². The van der Waals surface area contributed by atoms with Gasteiger partial charge in [-0.25, -0.2) is 9.78 Å². The smallest absolute Gasteiger partial charge is 0.321 e. The number of anilines is 1.